The molecule has 2 rings (SSSR count). The molecule has 4 nitrogen and oxygen atoms in total. The molecule has 1 amide bonds. The van der Waals surface area contributed by atoms with Gasteiger partial charge in [-0.3, -0.25) is 4.79 Å². The number of amides is 1. The van der Waals surface area contributed by atoms with Crippen LogP contribution in [0.3, 0.4) is 0 Å². The standard InChI is InChI=1S/C14H14N2O2/c1-9-11(15)7-8-12(17)13(9)16-14(18)10-5-3-2-4-6-10/h2-8,17H,15H2,1H3,(H,16,18). The van der Waals surface area contributed by atoms with E-state index in [4.69, 9.17) is 5.73 Å². The predicted octanol–water partition coefficient (Wildman–Crippen LogP) is 2.54. The number of hydrogen-bond acceptors (Lipinski definition) is 3. The van der Waals surface area contributed by atoms with Gasteiger partial charge in [0.15, 0.2) is 0 Å². The summed E-state index contributed by atoms with van der Waals surface area (Å²) >= 11 is 0. The number of anilines is 2. The Labute approximate surface area is 105 Å². The molecule has 0 aliphatic carbocycles. The van der Waals surface area contributed by atoms with E-state index in [1.54, 1.807) is 37.3 Å². The lowest BCUT2D eigenvalue weighted by molar-refractivity contribution is 0.102. The average Bonchev–Trinajstić information content (AvgIpc) is 2.40. The first-order valence-corrected chi connectivity index (χ1v) is 5.54. The lowest BCUT2D eigenvalue weighted by atomic mass is 10.1. The first-order chi connectivity index (χ1) is 8.59. The molecule has 0 saturated carbocycles. The van der Waals surface area contributed by atoms with E-state index >= 15 is 0 Å². The Morgan fingerprint density at radius 2 is 1.83 bits per heavy atom. The van der Waals surface area contributed by atoms with E-state index in [0.717, 1.165) is 0 Å². The Kier molecular flexibility index (Phi) is 3.19. The van der Waals surface area contributed by atoms with Crippen molar-refractivity contribution in [3.63, 3.8) is 0 Å². The fourth-order valence-electron chi connectivity index (χ4n) is 1.65. The summed E-state index contributed by atoms with van der Waals surface area (Å²) in [5.41, 5.74) is 7.80. The van der Waals surface area contributed by atoms with Crippen LogP contribution in [-0.2, 0) is 0 Å². The van der Waals surface area contributed by atoms with Crippen LogP contribution in [0.25, 0.3) is 0 Å². The number of hydrogen-bond donors (Lipinski definition) is 3. The predicted molar refractivity (Wildman–Crippen MR) is 71.7 cm³/mol. The Bertz CT molecular complexity index is 580. The molecule has 2 aromatic carbocycles. The van der Waals surface area contributed by atoms with Crippen molar-refractivity contribution in [1.82, 2.24) is 0 Å². The third-order valence-electron chi connectivity index (χ3n) is 2.76. The van der Waals surface area contributed by atoms with Crippen LogP contribution in [0.4, 0.5) is 11.4 Å². The molecule has 2 aromatic rings. The maximum atomic E-state index is 12.0. The van der Waals surface area contributed by atoms with Crippen molar-refractivity contribution in [2.24, 2.45) is 0 Å². The molecule has 0 aliphatic heterocycles. The summed E-state index contributed by atoms with van der Waals surface area (Å²) in [5.74, 6) is -0.273. The molecule has 0 unspecified atom stereocenters. The Balaban J connectivity index is 2.30. The minimum atomic E-state index is -0.278. The van der Waals surface area contributed by atoms with Crippen LogP contribution in [0.15, 0.2) is 42.5 Å². The lowest BCUT2D eigenvalue weighted by Gasteiger charge is -2.12. The second-order valence-corrected chi connectivity index (χ2v) is 3.99. The van der Waals surface area contributed by atoms with Gasteiger partial charge in [-0.25, -0.2) is 0 Å². The van der Waals surface area contributed by atoms with Gasteiger partial charge in [-0.1, -0.05) is 18.2 Å². The van der Waals surface area contributed by atoms with Crippen molar-refractivity contribution in [1.29, 1.82) is 0 Å². The van der Waals surface area contributed by atoms with Crippen molar-refractivity contribution >= 4 is 17.3 Å². The van der Waals surface area contributed by atoms with Gasteiger partial charge in [0.2, 0.25) is 0 Å². The smallest absolute Gasteiger partial charge is 0.255 e. The number of carbonyl (C=O) groups excluding carboxylic acids is 1. The molecule has 0 spiro atoms. The van der Waals surface area contributed by atoms with E-state index in [1.807, 2.05) is 6.07 Å². The van der Waals surface area contributed by atoms with Gasteiger partial charge >= 0.3 is 0 Å². The second-order valence-electron chi connectivity index (χ2n) is 3.99. The molecule has 18 heavy (non-hydrogen) atoms. The number of nitrogen functional groups attached to an aromatic ring is 1. The monoisotopic (exact) mass is 242 g/mol. The van der Waals surface area contributed by atoms with Crippen LogP contribution >= 0.6 is 0 Å². The highest BCUT2D eigenvalue weighted by molar-refractivity contribution is 6.05. The normalized spacial score (nSPS) is 10.1. The van der Waals surface area contributed by atoms with Gasteiger partial charge in [0.05, 0.1) is 5.69 Å². The minimum absolute atomic E-state index is 0.00554. The van der Waals surface area contributed by atoms with Crippen LogP contribution in [0.1, 0.15) is 15.9 Å². The van der Waals surface area contributed by atoms with Crippen LogP contribution < -0.4 is 11.1 Å². The Hall–Kier alpha value is -2.49. The number of phenols is 1. The molecule has 0 heterocycles. The van der Waals surface area contributed by atoms with Crippen molar-refractivity contribution in [2.45, 2.75) is 6.92 Å². The second kappa shape index (κ2) is 4.79. The molecule has 92 valence electrons. The van der Waals surface area contributed by atoms with E-state index in [0.29, 0.717) is 22.5 Å². The number of phenolic OH excluding ortho intramolecular Hbond substituents is 1. The number of nitrogens with one attached hydrogen (secondary N) is 1. The molecule has 0 fully saturated rings. The van der Waals surface area contributed by atoms with Crippen LogP contribution in [0.5, 0.6) is 5.75 Å². The van der Waals surface area contributed by atoms with Gasteiger partial charge in [0.25, 0.3) is 5.91 Å². The number of benzene rings is 2. The average molecular weight is 242 g/mol. The number of rotatable bonds is 2. The zero-order chi connectivity index (χ0) is 13.1. The molecule has 0 radical (unpaired) electrons. The zero-order valence-corrected chi connectivity index (χ0v) is 9.97. The van der Waals surface area contributed by atoms with E-state index in [1.165, 1.54) is 6.07 Å². The first-order valence-electron chi connectivity index (χ1n) is 5.54. The lowest BCUT2D eigenvalue weighted by Crippen LogP contribution is -2.13. The molecule has 0 aliphatic rings. The third-order valence-corrected chi connectivity index (χ3v) is 2.76. The summed E-state index contributed by atoms with van der Waals surface area (Å²) in [5, 5.41) is 12.4. The number of aromatic hydroxyl groups is 1. The van der Waals surface area contributed by atoms with Gasteiger partial charge in [0.1, 0.15) is 5.75 Å². The van der Waals surface area contributed by atoms with Crippen LogP contribution in [0, 0.1) is 6.92 Å². The molecule has 0 bridgehead atoms. The highest BCUT2D eigenvalue weighted by Crippen LogP contribution is 2.31. The van der Waals surface area contributed by atoms with Gasteiger partial charge in [-0.05, 0) is 36.8 Å². The van der Waals surface area contributed by atoms with Crippen molar-refractivity contribution in [3.8, 4) is 5.75 Å². The molecular weight excluding hydrogens is 228 g/mol. The van der Waals surface area contributed by atoms with Gasteiger partial charge < -0.3 is 16.2 Å². The minimum Gasteiger partial charge on any atom is -0.506 e. The molecular formula is C14H14N2O2. The third kappa shape index (κ3) is 2.27. The molecule has 0 atom stereocenters. The zero-order valence-electron chi connectivity index (χ0n) is 9.97. The first kappa shape index (κ1) is 12.0. The molecule has 0 saturated heterocycles. The summed E-state index contributed by atoms with van der Waals surface area (Å²) in [6.07, 6.45) is 0. The van der Waals surface area contributed by atoms with Crippen molar-refractivity contribution in [3.05, 3.63) is 53.6 Å². The van der Waals surface area contributed by atoms with Gasteiger partial charge in [-0.15, -0.1) is 0 Å². The van der Waals surface area contributed by atoms with Gasteiger partial charge in [-0.2, -0.15) is 0 Å². The van der Waals surface area contributed by atoms with Crippen LogP contribution in [0.2, 0.25) is 0 Å². The van der Waals surface area contributed by atoms with E-state index in [9.17, 15) is 9.90 Å². The highest BCUT2D eigenvalue weighted by Gasteiger charge is 2.12. The van der Waals surface area contributed by atoms with E-state index < -0.39 is 0 Å². The van der Waals surface area contributed by atoms with E-state index in [2.05, 4.69) is 5.32 Å². The fraction of sp³-hybridized carbons (Fsp3) is 0.0714. The summed E-state index contributed by atoms with van der Waals surface area (Å²) in [6.45, 7) is 1.75. The van der Waals surface area contributed by atoms with Crippen LogP contribution in [-0.4, -0.2) is 11.0 Å². The Morgan fingerprint density at radius 3 is 2.50 bits per heavy atom. The molecule has 0 aromatic heterocycles. The maximum Gasteiger partial charge on any atom is 0.255 e. The molecule has 4 N–H and O–H groups in total. The van der Waals surface area contributed by atoms with E-state index in [-0.39, 0.29) is 11.7 Å². The van der Waals surface area contributed by atoms with Crippen molar-refractivity contribution in [2.75, 3.05) is 11.1 Å². The summed E-state index contributed by atoms with van der Waals surface area (Å²) in [6, 6.07) is 11.9. The summed E-state index contributed by atoms with van der Waals surface area (Å²) in [7, 11) is 0. The molecule has 4 heteroatoms. The number of nitrogens with two attached hydrogens (primary N) is 1. The highest BCUT2D eigenvalue weighted by atomic mass is 16.3. The fourth-order valence-corrected chi connectivity index (χ4v) is 1.65. The largest absolute Gasteiger partial charge is 0.506 e. The van der Waals surface area contributed by atoms with Crippen molar-refractivity contribution < 1.29 is 9.90 Å². The summed E-state index contributed by atoms with van der Waals surface area (Å²) in [4.78, 5) is 12.0. The maximum absolute atomic E-state index is 12.0. The number of carbonyl (C=O) groups is 1. The SMILES string of the molecule is Cc1c(N)ccc(O)c1NC(=O)c1ccccc1. The Morgan fingerprint density at radius 1 is 1.17 bits per heavy atom. The summed E-state index contributed by atoms with van der Waals surface area (Å²) < 4.78 is 0. The quantitative estimate of drug-likeness (QED) is 0.430. The topological polar surface area (TPSA) is 75.3 Å². The van der Waals surface area contributed by atoms with Gasteiger partial charge in [0, 0.05) is 11.3 Å².